The summed E-state index contributed by atoms with van der Waals surface area (Å²) in [5.41, 5.74) is 2.02. The predicted molar refractivity (Wildman–Crippen MR) is 126 cm³/mol. The number of aromatic nitrogens is 6. The van der Waals surface area contributed by atoms with E-state index in [2.05, 4.69) is 15.1 Å². The molecule has 37 heavy (non-hydrogen) atoms. The molecule has 0 unspecified atom stereocenters. The summed E-state index contributed by atoms with van der Waals surface area (Å²) in [6, 6.07) is 4.21. The fourth-order valence-corrected chi connectivity index (χ4v) is 4.34. The molecule has 194 valence electrons. The number of carbonyl (C=O) groups is 1. The molecule has 1 fully saturated rings. The van der Waals surface area contributed by atoms with Crippen molar-refractivity contribution < 1.29 is 27.4 Å². The van der Waals surface area contributed by atoms with Crippen molar-refractivity contribution in [2.75, 3.05) is 13.1 Å². The van der Waals surface area contributed by atoms with Gasteiger partial charge in [0, 0.05) is 32.3 Å². The molecule has 1 saturated heterocycles. The van der Waals surface area contributed by atoms with Crippen LogP contribution in [0.5, 0.6) is 11.6 Å². The maximum absolute atomic E-state index is 12.9. The summed E-state index contributed by atoms with van der Waals surface area (Å²) in [6.45, 7) is 5.22. The Morgan fingerprint density at radius 3 is 2.78 bits per heavy atom. The highest BCUT2D eigenvalue weighted by Crippen LogP contribution is 2.32. The number of carbonyl (C=O) groups excluding carboxylic acids is 1. The van der Waals surface area contributed by atoms with E-state index in [-0.39, 0.29) is 18.2 Å². The highest BCUT2D eigenvalue weighted by atomic mass is 19.4. The molecule has 0 spiro atoms. The van der Waals surface area contributed by atoms with Crippen LogP contribution in [0.1, 0.15) is 24.6 Å². The van der Waals surface area contributed by atoms with Crippen LogP contribution in [0.15, 0.2) is 36.8 Å². The third kappa shape index (κ3) is 4.68. The SMILES string of the molecule is CCn1ncc(-c2nc3c(O[C@H]4CCN(C(=O)Oc5cccc(C(F)(F)F)c5)C4)ncnc3n2C)c1C. The first kappa shape index (κ1) is 24.5. The molecule has 4 aromatic rings. The summed E-state index contributed by atoms with van der Waals surface area (Å²) in [5.74, 6) is 0.783. The number of halogens is 3. The molecule has 10 nitrogen and oxygen atoms in total. The lowest BCUT2D eigenvalue weighted by molar-refractivity contribution is -0.137. The number of hydrogen-bond donors (Lipinski definition) is 0. The van der Waals surface area contributed by atoms with Gasteiger partial charge in [-0.2, -0.15) is 23.3 Å². The molecule has 0 radical (unpaired) electrons. The lowest BCUT2D eigenvalue weighted by Gasteiger charge is -2.17. The fourth-order valence-electron chi connectivity index (χ4n) is 4.34. The number of fused-ring (bicyclic) bond motifs is 1. The number of amides is 1. The van der Waals surface area contributed by atoms with Crippen LogP contribution in [0.4, 0.5) is 18.0 Å². The third-order valence-electron chi connectivity index (χ3n) is 6.31. The van der Waals surface area contributed by atoms with Crippen LogP contribution in [0.2, 0.25) is 0 Å². The molecule has 13 heteroatoms. The minimum atomic E-state index is -4.53. The van der Waals surface area contributed by atoms with Crippen molar-refractivity contribution in [1.29, 1.82) is 0 Å². The second kappa shape index (κ2) is 9.37. The zero-order valence-corrected chi connectivity index (χ0v) is 20.4. The normalized spacial score (nSPS) is 15.9. The first-order chi connectivity index (χ1) is 17.7. The van der Waals surface area contributed by atoms with Gasteiger partial charge in [0.25, 0.3) is 0 Å². The molecular formula is C24H24F3N7O3. The van der Waals surface area contributed by atoms with Crippen LogP contribution in [0.25, 0.3) is 22.6 Å². The van der Waals surface area contributed by atoms with E-state index in [1.165, 1.54) is 23.4 Å². The van der Waals surface area contributed by atoms with E-state index in [1.54, 1.807) is 6.20 Å². The minimum Gasteiger partial charge on any atom is -0.471 e. The summed E-state index contributed by atoms with van der Waals surface area (Å²) in [7, 11) is 1.85. The highest BCUT2D eigenvalue weighted by molar-refractivity contribution is 5.81. The van der Waals surface area contributed by atoms with Gasteiger partial charge in [-0.3, -0.25) is 4.68 Å². The number of alkyl halides is 3. The minimum absolute atomic E-state index is 0.176. The van der Waals surface area contributed by atoms with Crippen LogP contribution in [0.3, 0.4) is 0 Å². The van der Waals surface area contributed by atoms with Crippen LogP contribution >= 0.6 is 0 Å². The first-order valence-electron chi connectivity index (χ1n) is 11.7. The molecule has 1 amide bonds. The first-order valence-corrected chi connectivity index (χ1v) is 11.7. The van der Waals surface area contributed by atoms with Crippen LogP contribution in [0, 0.1) is 6.92 Å². The van der Waals surface area contributed by atoms with E-state index < -0.39 is 23.9 Å². The summed E-state index contributed by atoms with van der Waals surface area (Å²) in [4.78, 5) is 27.3. The van der Waals surface area contributed by atoms with E-state index >= 15 is 0 Å². The Bertz CT molecular complexity index is 1460. The second-order valence-electron chi connectivity index (χ2n) is 8.67. The Hall–Kier alpha value is -4.16. The van der Waals surface area contributed by atoms with Gasteiger partial charge in [0.15, 0.2) is 11.2 Å². The van der Waals surface area contributed by atoms with E-state index in [9.17, 15) is 18.0 Å². The average Bonchev–Trinajstić information content (AvgIpc) is 3.57. The fraction of sp³-hybridized carbons (Fsp3) is 0.375. The number of imidazole rings is 1. The lowest BCUT2D eigenvalue weighted by atomic mass is 10.2. The number of benzene rings is 1. The van der Waals surface area contributed by atoms with Gasteiger partial charge in [0.2, 0.25) is 5.88 Å². The van der Waals surface area contributed by atoms with E-state index in [0.29, 0.717) is 30.0 Å². The van der Waals surface area contributed by atoms with Crippen molar-refractivity contribution >= 4 is 17.3 Å². The Balaban J connectivity index is 1.30. The Kier molecular flexibility index (Phi) is 6.21. The van der Waals surface area contributed by atoms with Crippen LogP contribution in [-0.4, -0.2) is 59.5 Å². The number of hydrogen-bond acceptors (Lipinski definition) is 7. The molecule has 3 aromatic heterocycles. The summed E-state index contributed by atoms with van der Waals surface area (Å²) < 4.78 is 53.8. The summed E-state index contributed by atoms with van der Waals surface area (Å²) >= 11 is 0. The van der Waals surface area contributed by atoms with Gasteiger partial charge >= 0.3 is 12.3 Å². The Labute approximate surface area is 209 Å². The predicted octanol–water partition coefficient (Wildman–Crippen LogP) is 4.23. The average molecular weight is 515 g/mol. The summed E-state index contributed by atoms with van der Waals surface area (Å²) in [6.07, 6.45) is -2.04. The van der Waals surface area contributed by atoms with E-state index in [1.807, 2.05) is 30.1 Å². The van der Waals surface area contributed by atoms with E-state index in [0.717, 1.165) is 29.9 Å². The molecule has 1 aromatic carbocycles. The standard InChI is InChI=1S/C24H24F3N7O3/c1-4-34-14(2)18(11-30-34)20-31-19-21(32(20)3)28-13-29-22(19)36-17-8-9-33(12-17)23(35)37-16-7-5-6-15(10-16)24(25,26)27/h5-7,10-11,13,17H,4,8-9,12H2,1-3H3/t17-/m0/s1. The van der Waals surface area contributed by atoms with Crippen LogP contribution in [-0.2, 0) is 19.8 Å². The molecule has 0 aliphatic carbocycles. The molecule has 4 heterocycles. The molecular weight excluding hydrogens is 491 g/mol. The molecule has 0 N–H and O–H groups in total. The van der Waals surface area contributed by atoms with Gasteiger partial charge in [-0.05, 0) is 32.0 Å². The van der Waals surface area contributed by atoms with Crippen molar-refractivity contribution in [2.24, 2.45) is 7.05 Å². The molecule has 5 rings (SSSR count). The smallest absolute Gasteiger partial charge is 0.416 e. The molecule has 0 saturated carbocycles. The van der Waals surface area contributed by atoms with Gasteiger partial charge < -0.3 is 18.9 Å². The topological polar surface area (TPSA) is 100 Å². The van der Waals surface area contributed by atoms with Gasteiger partial charge in [0.1, 0.15) is 24.0 Å². The van der Waals surface area contributed by atoms with Crippen LogP contribution < -0.4 is 9.47 Å². The number of aryl methyl sites for hydroxylation is 2. The van der Waals surface area contributed by atoms with Crippen molar-refractivity contribution in [3.05, 3.63) is 48.0 Å². The van der Waals surface area contributed by atoms with Gasteiger partial charge in [0.05, 0.1) is 23.9 Å². The zero-order chi connectivity index (χ0) is 26.3. The van der Waals surface area contributed by atoms with Gasteiger partial charge in [-0.15, -0.1) is 0 Å². The van der Waals surface area contributed by atoms with Gasteiger partial charge in [-0.25, -0.2) is 14.8 Å². The highest BCUT2D eigenvalue weighted by Gasteiger charge is 2.33. The molecule has 1 aliphatic heterocycles. The van der Waals surface area contributed by atoms with Crippen molar-refractivity contribution in [1.82, 2.24) is 34.2 Å². The number of nitrogens with zero attached hydrogens (tertiary/aromatic N) is 7. The number of ether oxygens (including phenoxy) is 2. The van der Waals surface area contributed by atoms with Crippen molar-refractivity contribution in [3.63, 3.8) is 0 Å². The second-order valence-corrected chi connectivity index (χ2v) is 8.67. The molecule has 1 aliphatic rings. The maximum atomic E-state index is 12.9. The van der Waals surface area contributed by atoms with Crippen molar-refractivity contribution in [3.8, 4) is 23.0 Å². The van der Waals surface area contributed by atoms with Gasteiger partial charge in [-0.1, -0.05) is 6.07 Å². The number of rotatable bonds is 5. The lowest BCUT2D eigenvalue weighted by Crippen LogP contribution is -2.33. The van der Waals surface area contributed by atoms with Crippen molar-refractivity contribution in [2.45, 2.75) is 39.1 Å². The largest absolute Gasteiger partial charge is 0.471 e. The Morgan fingerprint density at radius 2 is 2.05 bits per heavy atom. The molecule has 1 atom stereocenters. The van der Waals surface area contributed by atoms with E-state index in [4.69, 9.17) is 14.5 Å². The quantitative estimate of drug-likeness (QED) is 0.392. The molecule has 0 bridgehead atoms. The monoisotopic (exact) mass is 515 g/mol. The zero-order valence-electron chi connectivity index (χ0n) is 20.4. The maximum Gasteiger partial charge on any atom is 0.416 e. The summed E-state index contributed by atoms with van der Waals surface area (Å²) in [5, 5.41) is 4.39. The third-order valence-corrected chi connectivity index (χ3v) is 6.31. The Morgan fingerprint density at radius 1 is 1.24 bits per heavy atom. The number of likely N-dealkylation sites (tertiary alicyclic amines) is 1.